The number of hydrogen-bond acceptors (Lipinski definition) is 18. The largest absolute Gasteiger partial charge is 0.394 e. The molecule has 12 N–H and O–H groups in total. The zero-order valence-corrected chi connectivity index (χ0v) is 67.3. The van der Waals surface area contributed by atoms with Gasteiger partial charge >= 0.3 is 0 Å². The molecule has 19 nitrogen and oxygen atoms in total. The minimum atomic E-state index is -1.97. The molecule has 17 unspecified atom stereocenters. The Kier molecular flexibility index (Phi) is 62.8. The van der Waals surface area contributed by atoms with Crippen LogP contribution in [0.2, 0.25) is 0 Å². The smallest absolute Gasteiger partial charge is 0.220 e. The van der Waals surface area contributed by atoms with Gasteiger partial charge in [0.05, 0.1) is 38.6 Å². The first kappa shape index (κ1) is 98.0. The van der Waals surface area contributed by atoms with Gasteiger partial charge in [-0.1, -0.05) is 393 Å². The highest BCUT2D eigenvalue weighted by atomic mass is 16.8. The van der Waals surface area contributed by atoms with Gasteiger partial charge < -0.3 is 89.9 Å². The van der Waals surface area contributed by atoms with Gasteiger partial charge in [-0.2, -0.15) is 0 Å². The summed E-state index contributed by atoms with van der Waals surface area (Å²) < 4.78 is 34.6. The Morgan fingerprint density at radius 2 is 0.543 bits per heavy atom. The molecule has 3 saturated heterocycles. The molecule has 3 rings (SSSR count). The maximum atomic E-state index is 13.5. The van der Waals surface area contributed by atoms with Crippen LogP contribution in [0.5, 0.6) is 0 Å². The number of carbonyl (C=O) groups excluding carboxylic acids is 1. The molecule has 17 atom stereocenters. The molecular formula is C86H167NO18. The molecule has 0 radical (unpaired) electrons. The molecule has 0 saturated carbocycles. The number of amides is 1. The van der Waals surface area contributed by atoms with Gasteiger partial charge in [-0.05, 0) is 12.8 Å². The van der Waals surface area contributed by atoms with Crippen molar-refractivity contribution in [2.75, 3.05) is 26.4 Å². The molecule has 0 aromatic rings. The summed E-state index contributed by atoms with van der Waals surface area (Å²) in [7, 11) is 0. The number of nitrogens with one attached hydrogen (secondary N) is 1. The number of rotatable bonds is 74. The predicted molar refractivity (Wildman–Crippen MR) is 421 cm³/mol. The first-order chi connectivity index (χ1) is 51.3. The molecular weight excluding hydrogens is 1330 g/mol. The van der Waals surface area contributed by atoms with E-state index in [0.717, 1.165) is 44.9 Å². The summed E-state index contributed by atoms with van der Waals surface area (Å²) in [5.41, 5.74) is 0. The van der Waals surface area contributed by atoms with Crippen molar-refractivity contribution in [1.82, 2.24) is 5.32 Å². The van der Waals surface area contributed by atoms with Crippen molar-refractivity contribution >= 4 is 5.91 Å². The van der Waals surface area contributed by atoms with Gasteiger partial charge in [-0.15, -0.1) is 0 Å². The quantitative estimate of drug-likeness (QED) is 0.0252. The van der Waals surface area contributed by atoms with Gasteiger partial charge in [0.15, 0.2) is 18.9 Å². The normalized spacial score (nSPS) is 25.7. The van der Waals surface area contributed by atoms with Crippen molar-refractivity contribution in [3.63, 3.8) is 0 Å². The molecule has 3 aliphatic heterocycles. The summed E-state index contributed by atoms with van der Waals surface area (Å²) in [5.74, 6) is -0.231. The maximum absolute atomic E-state index is 13.5. The first-order valence-electron chi connectivity index (χ1n) is 44.8. The topological polar surface area (TPSA) is 307 Å². The van der Waals surface area contributed by atoms with Crippen LogP contribution in [0.15, 0.2) is 0 Å². The molecule has 3 fully saturated rings. The fraction of sp³-hybridized carbons (Fsp3) is 0.988. The third-order valence-corrected chi connectivity index (χ3v) is 22.9. The lowest BCUT2D eigenvalue weighted by atomic mass is 9.96. The van der Waals surface area contributed by atoms with Crippen LogP contribution < -0.4 is 5.32 Å². The lowest BCUT2D eigenvalue weighted by Crippen LogP contribution is -2.66. The summed E-state index contributed by atoms with van der Waals surface area (Å²) in [6, 6.07) is -0.884. The fourth-order valence-electron chi connectivity index (χ4n) is 15.8. The van der Waals surface area contributed by atoms with E-state index in [-0.39, 0.29) is 18.9 Å². The highest BCUT2D eigenvalue weighted by molar-refractivity contribution is 5.76. The van der Waals surface area contributed by atoms with E-state index in [1.54, 1.807) is 0 Å². The molecule has 0 aromatic carbocycles. The van der Waals surface area contributed by atoms with Gasteiger partial charge in [0.25, 0.3) is 0 Å². The van der Waals surface area contributed by atoms with E-state index in [1.165, 1.54) is 334 Å². The molecule has 624 valence electrons. The fourth-order valence-corrected chi connectivity index (χ4v) is 15.8. The van der Waals surface area contributed by atoms with Crippen LogP contribution in [0, 0.1) is 0 Å². The van der Waals surface area contributed by atoms with E-state index < -0.39 is 124 Å². The lowest BCUT2D eigenvalue weighted by molar-refractivity contribution is -0.379. The van der Waals surface area contributed by atoms with Gasteiger partial charge in [0.1, 0.15) is 73.2 Å². The number of ether oxygens (including phenoxy) is 6. The Bertz CT molecular complexity index is 1890. The summed E-state index contributed by atoms with van der Waals surface area (Å²) in [6.45, 7) is 1.89. The third kappa shape index (κ3) is 46.5. The monoisotopic (exact) mass is 1500 g/mol. The van der Waals surface area contributed by atoms with Crippen molar-refractivity contribution in [2.45, 2.75) is 516 Å². The van der Waals surface area contributed by atoms with Crippen LogP contribution in [0.25, 0.3) is 0 Å². The Labute approximate surface area is 640 Å². The zero-order chi connectivity index (χ0) is 76.0. The Morgan fingerprint density at radius 1 is 0.305 bits per heavy atom. The third-order valence-electron chi connectivity index (χ3n) is 22.9. The standard InChI is InChI=1S/C86H167NO18/c1-3-5-7-9-11-13-15-17-19-21-23-25-27-29-31-33-34-36-38-40-42-44-46-48-50-52-54-56-58-60-62-64-74(92)87-69(70(91)63-61-59-57-55-53-51-49-47-45-43-41-39-37-35-32-30-28-26-24-22-20-18-16-14-12-10-8-6-4-2)68-100-84-80(98)77(95)82(72(66-89)102-84)105-86-81(99)78(96)83(73(67-90)103-86)104-85-79(97)76(94)75(93)71(65-88)101-85/h69-73,75-86,88-91,93-99H,3-68H2,1-2H3,(H,87,92). The van der Waals surface area contributed by atoms with Gasteiger partial charge in [-0.3, -0.25) is 4.79 Å². The van der Waals surface area contributed by atoms with E-state index in [0.29, 0.717) is 12.8 Å². The van der Waals surface area contributed by atoms with Gasteiger partial charge in [0, 0.05) is 6.42 Å². The second-order valence-corrected chi connectivity index (χ2v) is 32.4. The highest BCUT2D eigenvalue weighted by Crippen LogP contribution is 2.34. The molecule has 0 spiro atoms. The van der Waals surface area contributed by atoms with Crippen molar-refractivity contribution in [2.24, 2.45) is 0 Å². The molecule has 3 aliphatic rings. The van der Waals surface area contributed by atoms with Crippen LogP contribution in [0.3, 0.4) is 0 Å². The van der Waals surface area contributed by atoms with Crippen LogP contribution in [0.1, 0.15) is 412 Å². The number of aliphatic hydroxyl groups excluding tert-OH is 11. The minimum Gasteiger partial charge on any atom is -0.394 e. The molecule has 105 heavy (non-hydrogen) atoms. The number of hydrogen-bond donors (Lipinski definition) is 12. The minimum absolute atomic E-state index is 0.231. The van der Waals surface area contributed by atoms with Crippen molar-refractivity contribution in [3.8, 4) is 0 Å². The van der Waals surface area contributed by atoms with E-state index in [2.05, 4.69) is 19.2 Å². The van der Waals surface area contributed by atoms with Crippen LogP contribution >= 0.6 is 0 Å². The molecule has 1 amide bonds. The number of aliphatic hydroxyl groups is 11. The maximum Gasteiger partial charge on any atom is 0.220 e. The van der Waals surface area contributed by atoms with E-state index in [1.807, 2.05) is 0 Å². The zero-order valence-electron chi connectivity index (χ0n) is 67.3. The number of unbranched alkanes of at least 4 members (excludes halogenated alkanes) is 58. The van der Waals surface area contributed by atoms with E-state index >= 15 is 0 Å². The summed E-state index contributed by atoms with van der Waals surface area (Å²) in [5, 5.41) is 121. The van der Waals surface area contributed by atoms with Crippen molar-refractivity contribution < 1.29 is 89.4 Å². The summed E-state index contributed by atoms with van der Waals surface area (Å²) >= 11 is 0. The van der Waals surface area contributed by atoms with Crippen molar-refractivity contribution in [1.29, 1.82) is 0 Å². The SMILES string of the molecule is CCCCCCCCCCCCCCCCCCCCCCCCCCCCCCCCCC(=O)NC(COC1OC(CO)C(OC2OC(CO)C(OC3OC(CO)C(O)C(O)C3O)C(O)C2O)C(O)C1O)C(O)CCCCCCCCCCCCCCCCCCCCCCCCCCCCCCC. The molecule has 0 aromatic heterocycles. The predicted octanol–water partition coefficient (Wildman–Crippen LogP) is 16.5. The molecule has 0 bridgehead atoms. The van der Waals surface area contributed by atoms with Gasteiger partial charge in [0.2, 0.25) is 5.91 Å². The Morgan fingerprint density at radius 3 is 0.829 bits per heavy atom. The van der Waals surface area contributed by atoms with Gasteiger partial charge in [-0.25, -0.2) is 0 Å². The van der Waals surface area contributed by atoms with Crippen molar-refractivity contribution in [3.05, 3.63) is 0 Å². The highest BCUT2D eigenvalue weighted by Gasteiger charge is 2.54. The van der Waals surface area contributed by atoms with Crippen LogP contribution in [-0.2, 0) is 33.2 Å². The summed E-state index contributed by atoms with van der Waals surface area (Å²) in [4.78, 5) is 13.5. The number of carbonyl (C=O) groups is 1. The Balaban J connectivity index is 1.32. The lowest BCUT2D eigenvalue weighted by Gasteiger charge is -2.48. The Hall–Kier alpha value is -1.21. The van der Waals surface area contributed by atoms with E-state index in [4.69, 9.17) is 28.4 Å². The second kappa shape index (κ2) is 67.3. The first-order valence-corrected chi connectivity index (χ1v) is 44.8. The molecule has 0 aliphatic carbocycles. The average Bonchev–Trinajstić information content (AvgIpc) is 0.781. The molecule has 19 heteroatoms. The second-order valence-electron chi connectivity index (χ2n) is 32.4. The summed E-state index contributed by atoms with van der Waals surface area (Å²) in [6.07, 6.45) is 53.6. The van der Waals surface area contributed by atoms with Crippen LogP contribution in [0.4, 0.5) is 0 Å². The molecule has 3 heterocycles. The van der Waals surface area contributed by atoms with E-state index in [9.17, 15) is 61.0 Å². The average molecular weight is 1500 g/mol. The van der Waals surface area contributed by atoms with Crippen LogP contribution in [-0.4, -0.2) is 193 Å².